The van der Waals surface area contributed by atoms with E-state index >= 15 is 0 Å². The number of benzene rings is 2. The summed E-state index contributed by atoms with van der Waals surface area (Å²) in [5, 5.41) is 1.31. The van der Waals surface area contributed by atoms with Gasteiger partial charge in [0.25, 0.3) is 5.01 Å². The quantitative estimate of drug-likeness (QED) is 0.348. The second kappa shape index (κ2) is 8.38. The zero-order chi connectivity index (χ0) is 20.4. The third-order valence-electron chi connectivity index (χ3n) is 5.80. The molecule has 1 aliphatic rings. The van der Waals surface area contributed by atoms with Crippen molar-refractivity contribution in [1.29, 1.82) is 0 Å². The van der Waals surface area contributed by atoms with Gasteiger partial charge >= 0.3 is 0 Å². The molecular weight excluding hydrogens is 372 g/mol. The van der Waals surface area contributed by atoms with E-state index < -0.39 is 0 Å². The Bertz CT molecular complexity index is 1120. The molecule has 2 heterocycles. The second-order valence-electron chi connectivity index (χ2n) is 7.73. The van der Waals surface area contributed by atoms with Gasteiger partial charge in [0.15, 0.2) is 0 Å². The van der Waals surface area contributed by atoms with Crippen LogP contribution >= 0.6 is 11.3 Å². The Hall–Kier alpha value is -2.65. The Morgan fingerprint density at radius 1 is 1.10 bits per heavy atom. The summed E-state index contributed by atoms with van der Waals surface area (Å²) >= 11 is 1.87. The Morgan fingerprint density at radius 3 is 2.72 bits per heavy atom. The second-order valence-corrected chi connectivity index (χ2v) is 8.79. The van der Waals surface area contributed by atoms with Gasteiger partial charge < -0.3 is 4.90 Å². The molecule has 0 saturated carbocycles. The first kappa shape index (κ1) is 19.7. The Balaban J connectivity index is 1.50. The van der Waals surface area contributed by atoms with E-state index in [0.29, 0.717) is 5.92 Å². The number of para-hydroxylation sites is 1. The van der Waals surface area contributed by atoms with E-state index in [1.165, 1.54) is 37.6 Å². The number of rotatable bonds is 5. The molecule has 29 heavy (non-hydrogen) atoms. The van der Waals surface area contributed by atoms with Gasteiger partial charge in [-0.25, -0.2) is 0 Å². The molecule has 0 bridgehead atoms. The third-order valence-corrected chi connectivity index (χ3v) is 6.91. The number of aromatic nitrogens is 1. The highest BCUT2D eigenvalue weighted by Crippen LogP contribution is 2.34. The molecule has 0 aliphatic carbocycles. The number of hydrogen-bond acceptors (Lipinski definition) is 2. The van der Waals surface area contributed by atoms with Crippen molar-refractivity contribution in [3.63, 3.8) is 0 Å². The normalized spacial score (nSPS) is 16.4. The fraction of sp³-hybridized carbons (Fsp3) is 0.269. The molecule has 0 spiro atoms. The molecule has 2 aromatic carbocycles. The van der Waals surface area contributed by atoms with Crippen molar-refractivity contribution in [2.45, 2.75) is 39.7 Å². The summed E-state index contributed by atoms with van der Waals surface area (Å²) in [6.45, 7) is 7.60. The van der Waals surface area contributed by atoms with Crippen LogP contribution in [0.5, 0.6) is 0 Å². The number of anilines is 1. The lowest BCUT2D eigenvalue weighted by Gasteiger charge is -2.27. The van der Waals surface area contributed by atoms with Crippen LogP contribution in [0.3, 0.4) is 0 Å². The van der Waals surface area contributed by atoms with Crippen molar-refractivity contribution in [3.8, 4) is 0 Å². The van der Waals surface area contributed by atoms with Gasteiger partial charge in [-0.15, -0.1) is 0 Å². The first-order chi connectivity index (χ1) is 14.1. The number of fused-ring (bicyclic) bond motifs is 2. The van der Waals surface area contributed by atoms with Crippen molar-refractivity contribution in [2.75, 3.05) is 11.9 Å². The largest absolute Gasteiger partial charge is 0.351 e. The molecule has 3 heteroatoms. The van der Waals surface area contributed by atoms with Crippen LogP contribution in [0.2, 0.25) is 0 Å². The van der Waals surface area contributed by atoms with E-state index in [-0.39, 0.29) is 0 Å². The number of nitrogens with zero attached hydrogens (tertiary/aromatic N) is 2. The summed E-state index contributed by atoms with van der Waals surface area (Å²) in [7, 11) is 2.11. The van der Waals surface area contributed by atoms with Crippen LogP contribution in [0.15, 0.2) is 66.9 Å². The molecule has 1 aliphatic heterocycles. The van der Waals surface area contributed by atoms with Crippen LogP contribution < -0.4 is 9.47 Å². The standard InChI is InChI=1S/C26H29N2S/c1-5-28-24-17-19(2)20(3)18-25(24)29-26(28)14-8-6-7-11-21-15-16-27(4)23-13-10-9-12-22(21)23/h6-10,12-18,21H,5,11H2,1-4H3/q+1/b7-6+,14-8+. The lowest BCUT2D eigenvalue weighted by Crippen LogP contribution is -2.33. The first-order valence-corrected chi connectivity index (χ1v) is 11.2. The molecule has 0 amide bonds. The predicted octanol–water partition coefficient (Wildman–Crippen LogP) is 6.53. The van der Waals surface area contributed by atoms with Crippen LogP contribution in [0.1, 0.15) is 41.0 Å². The minimum Gasteiger partial charge on any atom is -0.351 e. The SMILES string of the molecule is CC[n+]1c(/C=C/C=C/CC2C=CN(C)c3ccccc32)sc2cc(C)c(C)cc21. The van der Waals surface area contributed by atoms with E-state index in [1.807, 2.05) is 11.3 Å². The number of thiazole rings is 1. The van der Waals surface area contributed by atoms with E-state index in [9.17, 15) is 0 Å². The molecule has 0 N–H and O–H groups in total. The first-order valence-electron chi connectivity index (χ1n) is 10.4. The van der Waals surface area contributed by atoms with Gasteiger partial charge in [-0.1, -0.05) is 53.8 Å². The van der Waals surface area contributed by atoms with Crippen molar-refractivity contribution in [1.82, 2.24) is 0 Å². The smallest absolute Gasteiger partial charge is 0.262 e. The van der Waals surface area contributed by atoms with E-state index in [1.54, 1.807) is 0 Å². The molecule has 1 aromatic heterocycles. The molecular formula is C26H29N2S+. The van der Waals surface area contributed by atoms with Crippen molar-refractivity contribution in [2.24, 2.45) is 0 Å². The van der Waals surface area contributed by atoms with Gasteiger partial charge in [-0.05, 0) is 56.0 Å². The van der Waals surface area contributed by atoms with E-state index in [2.05, 4.69) is 110 Å². The predicted molar refractivity (Wildman–Crippen MR) is 127 cm³/mol. The van der Waals surface area contributed by atoms with Crippen LogP contribution in [0, 0.1) is 13.8 Å². The molecule has 0 saturated heterocycles. The van der Waals surface area contributed by atoms with E-state index in [4.69, 9.17) is 0 Å². The molecule has 3 aromatic rings. The lowest BCUT2D eigenvalue weighted by molar-refractivity contribution is -0.665. The molecule has 2 nitrogen and oxygen atoms in total. The van der Waals surface area contributed by atoms with Crippen LogP contribution in [0.25, 0.3) is 16.3 Å². The maximum Gasteiger partial charge on any atom is 0.262 e. The summed E-state index contributed by atoms with van der Waals surface area (Å²) in [4.78, 5) is 2.20. The zero-order valence-electron chi connectivity index (χ0n) is 17.7. The van der Waals surface area contributed by atoms with Gasteiger partial charge in [0, 0.05) is 37.0 Å². The fourth-order valence-electron chi connectivity index (χ4n) is 3.99. The average molecular weight is 402 g/mol. The molecule has 4 rings (SSSR count). The highest BCUT2D eigenvalue weighted by molar-refractivity contribution is 7.18. The van der Waals surface area contributed by atoms with Gasteiger partial charge in [-0.2, -0.15) is 4.57 Å². The molecule has 0 fully saturated rings. The Morgan fingerprint density at radius 2 is 1.90 bits per heavy atom. The van der Waals surface area contributed by atoms with Crippen LogP contribution in [0.4, 0.5) is 5.69 Å². The minimum atomic E-state index is 0.447. The summed E-state index contributed by atoms with van der Waals surface area (Å²) in [5.74, 6) is 0.447. The summed E-state index contributed by atoms with van der Waals surface area (Å²) < 4.78 is 3.78. The molecule has 1 atom stereocenters. The van der Waals surface area contributed by atoms with Gasteiger partial charge in [-0.3, -0.25) is 0 Å². The summed E-state index contributed by atoms with van der Waals surface area (Å²) in [6, 6.07) is 13.3. The highest BCUT2D eigenvalue weighted by atomic mass is 32.1. The monoisotopic (exact) mass is 401 g/mol. The maximum atomic E-state index is 2.41. The Kier molecular flexibility index (Phi) is 5.68. The van der Waals surface area contributed by atoms with E-state index in [0.717, 1.165) is 13.0 Å². The highest BCUT2D eigenvalue weighted by Gasteiger charge is 2.18. The number of allylic oxidation sites excluding steroid dienone is 4. The number of hydrogen-bond donors (Lipinski definition) is 0. The molecule has 1 unspecified atom stereocenters. The average Bonchev–Trinajstić information content (AvgIpc) is 3.06. The van der Waals surface area contributed by atoms with Crippen molar-refractivity contribution >= 4 is 33.3 Å². The van der Waals surface area contributed by atoms with Crippen LogP contribution in [-0.2, 0) is 6.54 Å². The molecule has 148 valence electrons. The Labute approximate surface area is 178 Å². The minimum absolute atomic E-state index is 0.447. The topological polar surface area (TPSA) is 7.12 Å². The van der Waals surface area contributed by atoms with Crippen molar-refractivity contribution in [3.05, 3.63) is 88.6 Å². The van der Waals surface area contributed by atoms with Crippen molar-refractivity contribution < 1.29 is 4.57 Å². The summed E-state index contributed by atoms with van der Waals surface area (Å²) in [5.41, 5.74) is 6.79. The lowest BCUT2D eigenvalue weighted by atomic mass is 9.91. The summed E-state index contributed by atoms with van der Waals surface area (Å²) in [6.07, 6.45) is 14.4. The zero-order valence-corrected chi connectivity index (χ0v) is 18.5. The third kappa shape index (κ3) is 3.92. The van der Waals surface area contributed by atoms with Crippen LogP contribution in [-0.4, -0.2) is 7.05 Å². The fourth-order valence-corrected chi connectivity index (χ4v) is 5.21. The van der Waals surface area contributed by atoms with Gasteiger partial charge in [0.1, 0.15) is 11.2 Å². The van der Waals surface area contributed by atoms with Gasteiger partial charge in [0.05, 0.1) is 0 Å². The molecule has 0 radical (unpaired) electrons. The maximum absolute atomic E-state index is 2.41. The number of aryl methyl sites for hydroxylation is 3. The van der Waals surface area contributed by atoms with Gasteiger partial charge in [0.2, 0.25) is 5.52 Å².